The lowest BCUT2D eigenvalue weighted by atomic mass is 9.96. The van der Waals surface area contributed by atoms with Crippen molar-refractivity contribution in [2.24, 2.45) is 0 Å². The van der Waals surface area contributed by atoms with E-state index in [2.05, 4.69) is 27.9 Å². The van der Waals surface area contributed by atoms with Crippen LogP contribution in [-0.4, -0.2) is 40.9 Å². The number of benzene rings is 3. The molecule has 2 aromatic heterocycles. The first-order chi connectivity index (χ1) is 19.3. The van der Waals surface area contributed by atoms with Crippen LogP contribution < -0.4 is 5.32 Å². The molecule has 0 spiro atoms. The van der Waals surface area contributed by atoms with Crippen molar-refractivity contribution in [1.29, 1.82) is 0 Å². The highest BCUT2D eigenvalue weighted by molar-refractivity contribution is 5.99. The third-order valence-corrected chi connectivity index (χ3v) is 7.55. The zero-order chi connectivity index (χ0) is 27.9. The molecule has 202 valence electrons. The van der Waals surface area contributed by atoms with E-state index in [4.69, 9.17) is 0 Å². The Labute approximate surface area is 231 Å². The minimum absolute atomic E-state index is 0.105. The molecule has 0 radical (unpaired) electrons. The Kier molecular flexibility index (Phi) is 6.68. The maximum Gasteiger partial charge on any atom is 0.261 e. The molecule has 2 N–H and O–H groups in total. The van der Waals surface area contributed by atoms with Gasteiger partial charge >= 0.3 is 0 Å². The average Bonchev–Trinajstić information content (AvgIpc) is 3.55. The van der Waals surface area contributed by atoms with E-state index in [9.17, 15) is 13.2 Å². The van der Waals surface area contributed by atoms with Crippen molar-refractivity contribution in [2.45, 2.75) is 18.9 Å². The number of likely N-dealkylation sites (tertiary alicyclic amines) is 1. The van der Waals surface area contributed by atoms with Gasteiger partial charge in [0, 0.05) is 83.5 Å². The summed E-state index contributed by atoms with van der Waals surface area (Å²) < 4.78 is 42.0. The first-order valence-corrected chi connectivity index (χ1v) is 13.2. The van der Waals surface area contributed by atoms with Crippen LogP contribution in [0.3, 0.4) is 0 Å². The van der Waals surface area contributed by atoms with Crippen molar-refractivity contribution in [2.75, 3.05) is 25.5 Å². The van der Waals surface area contributed by atoms with E-state index in [0.717, 1.165) is 55.7 Å². The molecule has 1 fully saturated rings. The average molecular weight is 539 g/mol. The molecule has 4 nitrogen and oxygen atoms in total. The number of rotatable bonds is 7. The second-order valence-electron chi connectivity index (χ2n) is 10.3. The quantitative estimate of drug-likeness (QED) is 0.221. The van der Waals surface area contributed by atoms with Crippen LogP contribution in [0, 0.1) is 5.82 Å². The van der Waals surface area contributed by atoms with E-state index in [1.165, 1.54) is 6.07 Å². The van der Waals surface area contributed by atoms with Gasteiger partial charge in [-0.2, -0.15) is 0 Å². The van der Waals surface area contributed by atoms with E-state index in [-0.39, 0.29) is 18.8 Å². The number of hydrogen-bond acceptors (Lipinski definition) is 3. The van der Waals surface area contributed by atoms with Crippen LogP contribution in [0.2, 0.25) is 0 Å². The van der Waals surface area contributed by atoms with Gasteiger partial charge in [-0.3, -0.25) is 9.88 Å². The molecule has 0 atom stereocenters. The van der Waals surface area contributed by atoms with Crippen LogP contribution in [0.4, 0.5) is 18.9 Å². The van der Waals surface area contributed by atoms with Crippen LogP contribution in [0.5, 0.6) is 0 Å². The number of anilines is 1. The summed E-state index contributed by atoms with van der Waals surface area (Å²) >= 11 is 0. The highest BCUT2D eigenvalue weighted by Gasteiger charge is 2.37. The molecule has 3 aromatic carbocycles. The van der Waals surface area contributed by atoms with Gasteiger partial charge in [0.05, 0.1) is 6.54 Å². The minimum atomic E-state index is -2.62. The van der Waals surface area contributed by atoms with Gasteiger partial charge in [-0.25, -0.2) is 13.2 Å². The second kappa shape index (κ2) is 10.3. The fraction of sp³-hybridized carbons (Fsp3) is 0.182. The van der Waals surface area contributed by atoms with E-state index in [0.29, 0.717) is 18.7 Å². The monoisotopic (exact) mass is 538 g/mol. The van der Waals surface area contributed by atoms with Gasteiger partial charge in [-0.1, -0.05) is 43.0 Å². The Hall–Kier alpha value is -4.36. The lowest BCUT2D eigenvalue weighted by Crippen LogP contribution is -2.24. The summed E-state index contributed by atoms with van der Waals surface area (Å²) in [6, 6.07) is 22.7. The number of H-pyrrole nitrogens is 1. The third kappa shape index (κ3) is 5.00. The molecule has 0 saturated carbocycles. The van der Waals surface area contributed by atoms with Crippen LogP contribution in [-0.2, 0) is 6.54 Å². The zero-order valence-corrected chi connectivity index (χ0v) is 22.1. The lowest BCUT2D eigenvalue weighted by Gasteiger charge is -2.16. The van der Waals surface area contributed by atoms with E-state index in [1.807, 2.05) is 55.6 Å². The van der Waals surface area contributed by atoms with Crippen LogP contribution in [0.25, 0.3) is 38.7 Å². The van der Waals surface area contributed by atoms with Gasteiger partial charge in [0.1, 0.15) is 5.82 Å². The minimum Gasteiger partial charge on any atom is -0.388 e. The van der Waals surface area contributed by atoms with Crippen LogP contribution in [0.1, 0.15) is 23.2 Å². The van der Waals surface area contributed by atoms with Gasteiger partial charge in [-0.15, -0.1) is 0 Å². The predicted molar refractivity (Wildman–Crippen MR) is 156 cm³/mol. The molecule has 1 aliphatic heterocycles. The summed E-state index contributed by atoms with van der Waals surface area (Å²) in [6.07, 6.45) is 3.42. The number of fused-ring (bicyclic) bond motifs is 1. The maximum absolute atomic E-state index is 14.6. The predicted octanol–water partition coefficient (Wildman–Crippen LogP) is 7.98. The van der Waals surface area contributed by atoms with Crippen LogP contribution >= 0.6 is 0 Å². The Morgan fingerprint density at radius 1 is 1.00 bits per heavy atom. The topological polar surface area (TPSA) is 44.0 Å². The molecule has 3 heterocycles. The second-order valence-corrected chi connectivity index (χ2v) is 10.3. The summed E-state index contributed by atoms with van der Waals surface area (Å²) in [5, 5.41) is 4.17. The van der Waals surface area contributed by atoms with Gasteiger partial charge in [0.2, 0.25) is 0 Å². The van der Waals surface area contributed by atoms with Crippen molar-refractivity contribution >= 4 is 22.2 Å². The first kappa shape index (κ1) is 25.9. The number of halogens is 3. The van der Waals surface area contributed by atoms with Crippen molar-refractivity contribution < 1.29 is 13.2 Å². The number of aromatic amines is 1. The normalized spacial score (nSPS) is 15.0. The first-order valence-electron chi connectivity index (χ1n) is 13.2. The van der Waals surface area contributed by atoms with Crippen LogP contribution in [0.15, 0.2) is 91.8 Å². The summed E-state index contributed by atoms with van der Waals surface area (Å²) in [4.78, 5) is 9.63. The zero-order valence-electron chi connectivity index (χ0n) is 22.1. The van der Waals surface area contributed by atoms with Crippen molar-refractivity contribution in [1.82, 2.24) is 14.9 Å². The molecule has 0 amide bonds. The fourth-order valence-corrected chi connectivity index (χ4v) is 5.50. The standard InChI is InChI=1S/C33H29F3N4/c1-21(32-16-28-25(7-5-9-31(28)39-32)26-6-3-4-8-29(26)34)27-15-23(10-11-30(27)37-2)24-14-22(17-38-18-24)19-40-13-12-33(35,36)20-40/h3-11,14-18,37,39H,1,12-13,19-20H2,2H3. The molecule has 40 heavy (non-hydrogen) atoms. The number of alkyl halides is 2. The number of pyridine rings is 1. The Morgan fingerprint density at radius 2 is 1.82 bits per heavy atom. The van der Waals surface area contributed by atoms with Gasteiger partial charge < -0.3 is 10.3 Å². The molecule has 5 aromatic rings. The van der Waals surface area contributed by atoms with E-state index in [1.54, 1.807) is 29.4 Å². The number of hydrogen-bond donors (Lipinski definition) is 2. The molecule has 0 bridgehead atoms. The number of nitrogens with one attached hydrogen (secondary N) is 2. The summed E-state index contributed by atoms with van der Waals surface area (Å²) in [6.45, 7) is 5.00. The third-order valence-electron chi connectivity index (χ3n) is 7.55. The van der Waals surface area contributed by atoms with E-state index < -0.39 is 5.92 Å². The molecule has 0 aliphatic carbocycles. The highest BCUT2D eigenvalue weighted by Crippen LogP contribution is 2.37. The fourth-order valence-electron chi connectivity index (χ4n) is 5.50. The number of nitrogens with zero attached hydrogens (tertiary/aromatic N) is 2. The molecule has 1 aliphatic rings. The SMILES string of the molecule is C=C(c1cc2c(-c3ccccc3F)cccc2[nH]1)c1cc(-c2cncc(CN3CCC(F)(F)C3)c2)ccc1NC. The molecule has 0 unspecified atom stereocenters. The van der Waals surface area contributed by atoms with Gasteiger partial charge in [0.15, 0.2) is 0 Å². The molecular weight excluding hydrogens is 509 g/mol. The smallest absolute Gasteiger partial charge is 0.261 e. The summed E-state index contributed by atoms with van der Waals surface area (Å²) in [5.74, 6) is -2.89. The van der Waals surface area contributed by atoms with Crippen molar-refractivity contribution in [3.63, 3.8) is 0 Å². The molecule has 7 heteroatoms. The number of aromatic nitrogens is 2. The largest absolute Gasteiger partial charge is 0.388 e. The lowest BCUT2D eigenvalue weighted by molar-refractivity contribution is 0.0115. The van der Waals surface area contributed by atoms with Crippen molar-refractivity contribution in [3.8, 4) is 22.3 Å². The Morgan fingerprint density at radius 3 is 2.60 bits per heavy atom. The Balaban J connectivity index is 1.33. The molecular formula is C33H29F3N4. The maximum atomic E-state index is 14.6. The Bertz CT molecular complexity index is 1720. The highest BCUT2D eigenvalue weighted by atomic mass is 19.3. The molecule has 1 saturated heterocycles. The molecule has 6 rings (SSSR count). The summed E-state index contributed by atoms with van der Waals surface area (Å²) in [5.41, 5.74) is 8.42. The van der Waals surface area contributed by atoms with Gasteiger partial charge in [-0.05, 0) is 53.1 Å². The van der Waals surface area contributed by atoms with E-state index >= 15 is 0 Å². The van der Waals surface area contributed by atoms with Gasteiger partial charge in [0.25, 0.3) is 5.92 Å². The van der Waals surface area contributed by atoms with Crippen molar-refractivity contribution in [3.05, 3.63) is 114 Å². The summed E-state index contributed by atoms with van der Waals surface area (Å²) in [7, 11) is 1.86.